The summed E-state index contributed by atoms with van der Waals surface area (Å²) in [6.45, 7) is 4.09. The molecule has 0 aliphatic carbocycles. The number of nitrogens with zero attached hydrogens (tertiary/aromatic N) is 2. The van der Waals surface area contributed by atoms with Crippen molar-refractivity contribution < 1.29 is 13.2 Å². The minimum absolute atomic E-state index is 0.185. The fourth-order valence-corrected chi connectivity index (χ4v) is 1.48. The second-order valence-electron chi connectivity index (χ2n) is 3.95. The van der Waals surface area contributed by atoms with Crippen LogP contribution in [-0.4, -0.2) is 22.5 Å². The minimum Gasteiger partial charge on any atom is -0.313 e. The number of hydrogen-bond donors (Lipinski definition) is 1. The van der Waals surface area contributed by atoms with E-state index in [2.05, 4.69) is 10.4 Å². The zero-order valence-corrected chi connectivity index (χ0v) is 9.93. The molecule has 0 saturated carbocycles. The van der Waals surface area contributed by atoms with Crippen LogP contribution in [0.1, 0.15) is 31.7 Å². The average Bonchev–Trinajstić information content (AvgIpc) is 2.69. The summed E-state index contributed by atoms with van der Waals surface area (Å²) in [4.78, 5) is 0. The molecule has 1 aromatic rings. The molecule has 98 valence electrons. The van der Waals surface area contributed by atoms with Crippen LogP contribution in [0.5, 0.6) is 0 Å². The van der Waals surface area contributed by atoms with Gasteiger partial charge in [0.1, 0.15) is 0 Å². The fourth-order valence-electron chi connectivity index (χ4n) is 1.48. The highest BCUT2D eigenvalue weighted by molar-refractivity contribution is 5.02. The second kappa shape index (κ2) is 6.64. The number of unbranched alkanes of at least 4 members (excludes halogenated alkanes) is 1. The topological polar surface area (TPSA) is 29.9 Å². The molecule has 0 aliphatic rings. The van der Waals surface area contributed by atoms with Crippen molar-refractivity contribution in [3.05, 3.63) is 18.0 Å². The molecular weight excluding hydrogens is 231 g/mol. The molecule has 0 unspecified atom stereocenters. The van der Waals surface area contributed by atoms with E-state index in [1.807, 2.05) is 17.8 Å². The minimum atomic E-state index is -4.03. The summed E-state index contributed by atoms with van der Waals surface area (Å²) in [5.41, 5.74) is 1.06. The molecule has 0 bridgehead atoms. The fraction of sp³-hybridized carbons (Fsp3) is 0.727. The van der Waals surface area contributed by atoms with Gasteiger partial charge >= 0.3 is 6.18 Å². The molecule has 0 radical (unpaired) electrons. The Hall–Kier alpha value is -1.04. The van der Waals surface area contributed by atoms with Gasteiger partial charge in [0.15, 0.2) is 0 Å². The Bertz CT molecular complexity index is 320. The normalized spacial score (nSPS) is 12.0. The van der Waals surface area contributed by atoms with Crippen molar-refractivity contribution in [1.82, 2.24) is 15.1 Å². The lowest BCUT2D eigenvalue weighted by Crippen LogP contribution is -2.15. The van der Waals surface area contributed by atoms with E-state index in [9.17, 15) is 13.2 Å². The number of rotatable bonds is 7. The van der Waals surface area contributed by atoms with E-state index in [1.54, 1.807) is 6.20 Å². The van der Waals surface area contributed by atoms with Crippen molar-refractivity contribution >= 4 is 0 Å². The monoisotopic (exact) mass is 249 g/mol. The van der Waals surface area contributed by atoms with Crippen LogP contribution in [0.25, 0.3) is 0 Å². The Kier molecular flexibility index (Phi) is 5.47. The van der Waals surface area contributed by atoms with Crippen molar-refractivity contribution in [2.75, 3.05) is 6.54 Å². The van der Waals surface area contributed by atoms with Crippen LogP contribution in [-0.2, 0) is 13.1 Å². The summed E-state index contributed by atoms with van der Waals surface area (Å²) in [7, 11) is 0. The zero-order valence-electron chi connectivity index (χ0n) is 9.93. The van der Waals surface area contributed by atoms with E-state index < -0.39 is 12.6 Å². The molecule has 1 rings (SSSR count). The number of aromatic nitrogens is 2. The van der Waals surface area contributed by atoms with E-state index in [4.69, 9.17) is 0 Å². The third-order valence-electron chi connectivity index (χ3n) is 2.40. The molecule has 0 aliphatic heterocycles. The van der Waals surface area contributed by atoms with E-state index in [-0.39, 0.29) is 6.42 Å². The highest BCUT2D eigenvalue weighted by Gasteiger charge is 2.25. The number of nitrogens with one attached hydrogen (secondary N) is 1. The van der Waals surface area contributed by atoms with Crippen molar-refractivity contribution in [3.63, 3.8) is 0 Å². The van der Waals surface area contributed by atoms with Crippen molar-refractivity contribution in [3.8, 4) is 0 Å². The number of halogens is 3. The summed E-state index contributed by atoms with van der Waals surface area (Å²) in [6.07, 6.45) is -0.286. The van der Waals surface area contributed by atoms with Gasteiger partial charge in [-0.3, -0.25) is 4.68 Å². The SMILES string of the molecule is CCn1cc(CNCCCCC(F)(F)F)cn1. The second-order valence-corrected chi connectivity index (χ2v) is 3.95. The van der Waals surface area contributed by atoms with Gasteiger partial charge in [0.25, 0.3) is 0 Å². The molecule has 6 heteroatoms. The quantitative estimate of drug-likeness (QED) is 0.753. The largest absolute Gasteiger partial charge is 0.389 e. The Balaban J connectivity index is 2.04. The maximum absolute atomic E-state index is 11.8. The first kappa shape index (κ1) is 14.0. The van der Waals surface area contributed by atoms with Crippen LogP contribution in [0.15, 0.2) is 12.4 Å². The zero-order chi connectivity index (χ0) is 12.7. The smallest absolute Gasteiger partial charge is 0.313 e. The third kappa shape index (κ3) is 6.31. The van der Waals surface area contributed by atoms with Gasteiger partial charge in [-0.1, -0.05) is 0 Å². The summed E-state index contributed by atoms with van der Waals surface area (Å²) in [5, 5.41) is 7.21. The predicted molar refractivity (Wildman–Crippen MR) is 59.5 cm³/mol. The summed E-state index contributed by atoms with van der Waals surface area (Å²) < 4.78 is 37.3. The van der Waals surface area contributed by atoms with Crippen LogP contribution in [0.2, 0.25) is 0 Å². The maximum Gasteiger partial charge on any atom is 0.389 e. The molecule has 17 heavy (non-hydrogen) atoms. The standard InChI is InChI=1S/C11H18F3N3/c1-2-17-9-10(8-16-17)7-15-6-4-3-5-11(12,13)14/h8-9,15H,2-7H2,1H3. The first-order valence-corrected chi connectivity index (χ1v) is 5.80. The van der Waals surface area contributed by atoms with Gasteiger partial charge in [0, 0.05) is 31.3 Å². The average molecular weight is 249 g/mol. The van der Waals surface area contributed by atoms with Crippen LogP contribution >= 0.6 is 0 Å². The van der Waals surface area contributed by atoms with E-state index in [0.29, 0.717) is 19.5 Å². The predicted octanol–water partition coefficient (Wildman–Crippen LogP) is 2.73. The van der Waals surface area contributed by atoms with Crippen LogP contribution in [0.3, 0.4) is 0 Å². The van der Waals surface area contributed by atoms with E-state index in [1.165, 1.54) is 0 Å². The van der Waals surface area contributed by atoms with Gasteiger partial charge < -0.3 is 5.32 Å². The first-order valence-electron chi connectivity index (χ1n) is 5.80. The molecule has 0 spiro atoms. The Labute approximate surface area is 99.0 Å². The molecule has 3 nitrogen and oxygen atoms in total. The molecule has 0 fully saturated rings. The molecule has 0 saturated heterocycles. The summed E-state index contributed by atoms with van der Waals surface area (Å²) in [5.74, 6) is 0. The number of hydrogen-bond acceptors (Lipinski definition) is 2. The number of alkyl halides is 3. The highest BCUT2D eigenvalue weighted by Crippen LogP contribution is 2.21. The Morgan fingerprint density at radius 1 is 1.35 bits per heavy atom. The molecule has 0 atom stereocenters. The molecule has 0 aromatic carbocycles. The number of aryl methyl sites for hydroxylation is 1. The van der Waals surface area contributed by atoms with Gasteiger partial charge in [-0.25, -0.2) is 0 Å². The maximum atomic E-state index is 11.8. The highest BCUT2D eigenvalue weighted by atomic mass is 19.4. The van der Waals surface area contributed by atoms with Gasteiger partial charge in [-0.15, -0.1) is 0 Å². The van der Waals surface area contributed by atoms with Gasteiger partial charge in [0.05, 0.1) is 6.20 Å². The van der Waals surface area contributed by atoms with Gasteiger partial charge in [0.2, 0.25) is 0 Å². The molecular formula is C11H18F3N3. The van der Waals surface area contributed by atoms with Gasteiger partial charge in [-0.2, -0.15) is 18.3 Å². The molecule has 1 N–H and O–H groups in total. The van der Waals surface area contributed by atoms with E-state index in [0.717, 1.165) is 12.1 Å². The molecule has 0 amide bonds. The van der Waals surface area contributed by atoms with Crippen LogP contribution < -0.4 is 5.32 Å². The lowest BCUT2D eigenvalue weighted by Gasteiger charge is -2.06. The lowest BCUT2D eigenvalue weighted by molar-refractivity contribution is -0.135. The van der Waals surface area contributed by atoms with E-state index >= 15 is 0 Å². The molecule has 1 heterocycles. The van der Waals surface area contributed by atoms with Crippen LogP contribution in [0.4, 0.5) is 13.2 Å². The van der Waals surface area contributed by atoms with Crippen molar-refractivity contribution in [2.45, 2.75) is 45.5 Å². The van der Waals surface area contributed by atoms with Crippen molar-refractivity contribution in [2.24, 2.45) is 0 Å². The van der Waals surface area contributed by atoms with Crippen molar-refractivity contribution in [1.29, 1.82) is 0 Å². The summed E-state index contributed by atoms with van der Waals surface area (Å²) in [6, 6.07) is 0. The summed E-state index contributed by atoms with van der Waals surface area (Å²) >= 11 is 0. The lowest BCUT2D eigenvalue weighted by atomic mass is 10.2. The molecule has 1 aromatic heterocycles. The van der Waals surface area contributed by atoms with Gasteiger partial charge in [-0.05, 0) is 26.3 Å². The Morgan fingerprint density at radius 3 is 2.71 bits per heavy atom. The Morgan fingerprint density at radius 2 is 2.12 bits per heavy atom. The first-order chi connectivity index (χ1) is 8.01. The third-order valence-corrected chi connectivity index (χ3v) is 2.40. The van der Waals surface area contributed by atoms with Crippen LogP contribution in [0, 0.1) is 0 Å².